The van der Waals surface area contributed by atoms with E-state index in [1.54, 1.807) is 13.0 Å². The summed E-state index contributed by atoms with van der Waals surface area (Å²) in [6, 6.07) is -0.492. The number of carbonyl (C=O) groups is 1. The Morgan fingerprint density at radius 2 is 1.12 bits per heavy atom. The van der Waals surface area contributed by atoms with Gasteiger partial charge in [-0.25, -0.2) is 17.1 Å². The zero-order valence-corrected chi connectivity index (χ0v) is 17.4. The van der Waals surface area contributed by atoms with E-state index in [1.165, 1.54) is 51.0 Å². The third kappa shape index (κ3) is 21.3. The number of rotatable bonds is 18. The Labute approximate surface area is 159 Å². The van der Waals surface area contributed by atoms with Crippen LogP contribution < -0.4 is 0 Å². The largest absolute Gasteiger partial charge is 0.616 e. The van der Waals surface area contributed by atoms with Gasteiger partial charge in [0.15, 0.2) is 0 Å². The van der Waals surface area contributed by atoms with Gasteiger partial charge in [-0.1, -0.05) is 83.1 Å². The van der Waals surface area contributed by atoms with Crippen LogP contribution in [0.2, 0.25) is 6.04 Å². The molecule has 0 aliphatic rings. The highest BCUT2D eigenvalue weighted by molar-refractivity contribution is 6.58. The van der Waals surface area contributed by atoms with Crippen molar-refractivity contribution in [3.05, 3.63) is 12.2 Å². The normalized spacial score (nSPS) is 12.0. The van der Waals surface area contributed by atoms with E-state index >= 15 is 0 Å². The summed E-state index contributed by atoms with van der Waals surface area (Å²) in [5, 5.41) is 0. The lowest BCUT2D eigenvalue weighted by molar-refractivity contribution is -0.137. The van der Waals surface area contributed by atoms with Gasteiger partial charge in [0.2, 0.25) is 0 Å². The number of halogens is 3. The van der Waals surface area contributed by atoms with E-state index in [-0.39, 0.29) is 5.97 Å². The van der Waals surface area contributed by atoms with E-state index < -0.39 is 15.1 Å². The maximum absolute atomic E-state index is 12.1. The van der Waals surface area contributed by atoms with Crippen molar-refractivity contribution in [2.75, 3.05) is 6.61 Å². The van der Waals surface area contributed by atoms with Crippen molar-refractivity contribution in [3.63, 3.8) is 0 Å². The van der Waals surface area contributed by atoms with Gasteiger partial charge < -0.3 is 4.74 Å². The van der Waals surface area contributed by atoms with Crippen LogP contribution in [0.3, 0.4) is 0 Å². The van der Waals surface area contributed by atoms with Crippen LogP contribution in [-0.2, 0) is 9.53 Å². The molecule has 0 aromatic heterocycles. The van der Waals surface area contributed by atoms with Crippen LogP contribution in [0.5, 0.6) is 0 Å². The summed E-state index contributed by atoms with van der Waals surface area (Å²) in [6.07, 6.45) is 18.1. The molecule has 0 aliphatic heterocycles. The molecule has 0 rings (SSSR count). The smallest absolute Gasteiger partial charge is 0.463 e. The topological polar surface area (TPSA) is 26.3 Å². The molecule has 154 valence electrons. The van der Waals surface area contributed by atoms with Crippen LogP contribution in [0.4, 0.5) is 12.3 Å². The monoisotopic (exact) mass is 394 g/mol. The second-order valence-electron chi connectivity index (χ2n) is 6.98. The molecule has 0 atom stereocenters. The highest BCUT2D eigenvalue weighted by Crippen LogP contribution is 2.20. The van der Waals surface area contributed by atoms with Gasteiger partial charge in [-0.15, -0.1) is 0 Å². The quantitative estimate of drug-likeness (QED) is 0.0795. The summed E-state index contributed by atoms with van der Waals surface area (Å²) >= 11 is 0. The summed E-state index contributed by atoms with van der Waals surface area (Å²) < 4.78 is 41.4. The van der Waals surface area contributed by atoms with E-state index in [0.717, 1.165) is 38.5 Å². The molecule has 0 unspecified atom stereocenters. The number of allylic oxidation sites excluding steroid dienone is 1. The minimum Gasteiger partial charge on any atom is -0.463 e. The van der Waals surface area contributed by atoms with E-state index in [4.69, 9.17) is 4.74 Å². The zero-order valence-electron chi connectivity index (χ0n) is 16.4. The van der Waals surface area contributed by atoms with Crippen LogP contribution in [-0.4, -0.2) is 21.7 Å². The van der Waals surface area contributed by atoms with Gasteiger partial charge in [0, 0.05) is 12.1 Å². The molecule has 0 aliphatic carbocycles. The lowest BCUT2D eigenvalue weighted by Crippen LogP contribution is -2.13. The molecule has 0 N–H and O–H groups in total. The maximum atomic E-state index is 12.1. The fourth-order valence-corrected chi connectivity index (χ4v) is 3.56. The fraction of sp³-hybridized carbons (Fsp3) is 0.850. The van der Waals surface area contributed by atoms with Gasteiger partial charge in [0.1, 0.15) is 0 Å². The van der Waals surface area contributed by atoms with Crippen molar-refractivity contribution in [1.82, 2.24) is 0 Å². The number of hydrogen-bond donors (Lipinski definition) is 0. The molecular formula is C20H37F3O2Si. The molecule has 0 fully saturated rings. The fourth-order valence-electron chi connectivity index (χ4n) is 2.91. The number of carbonyl (C=O) groups excluding carboxylic acids is 1. The number of ether oxygens (including phenoxy) is 1. The molecule has 0 saturated carbocycles. The van der Waals surface area contributed by atoms with Crippen molar-refractivity contribution in [2.24, 2.45) is 0 Å². The Morgan fingerprint density at radius 1 is 0.731 bits per heavy atom. The molecule has 0 amide bonds. The zero-order chi connectivity index (χ0) is 19.5. The third-order valence-electron chi connectivity index (χ3n) is 4.40. The number of hydrogen-bond acceptors (Lipinski definition) is 2. The Morgan fingerprint density at radius 3 is 1.50 bits per heavy atom. The van der Waals surface area contributed by atoms with Gasteiger partial charge in [-0.3, -0.25) is 0 Å². The van der Waals surface area contributed by atoms with Gasteiger partial charge in [-0.05, 0) is 19.8 Å². The first kappa shape index (κ1) is 25.2. The van der Waals surface area contributed by atoms with Crippen LogP contribution >= 0.6 is 0 Å². The highest BCUT2D eigenvalue weighted by Gasteiger charge is 2.35. The summed E-state index contributed by atoms with van der Waals surface area (Å²) in [7, 11) is -5.29. The Kier molecular flexibility index (Phi) is 17.1. The molecular weight excluding hydrogens is 357 g/mol. The van der Waals surface area contributed by atoms with E-state index in [1.807, 2.05) is 0 Å². The Hall–Kier alpha value is -0.783. The number of esters is 1. The van der Waals surface area contributed by atoms with Gasteiger partial charge in [0.05, 0.1) is 6.61 Å². The van der Waals surface area contributed by atoms with Gasteiger partial charge in [0.25, 0.3) is 0 Å². The minimum absolute atomic E-state index is 0.254. The average Bonchev–Trinajstić information content (AvgIpc) is 2.57. The van der Waals surface area contributed by atoms with Crippen LogP contribution in [0.15, 0.2) is 12.2 Å². The summed E-state index contributed by atoms with van der Waals surface area (Å²) in [5.74, 6) is -0.254. The second-order valence-corrected chi connectivity index (χ2v) is 8.71. The summed E-state index contributed by atoms with van der Waals surface area (Å²) in [4.78, 5) is 11.1. The Balaban J connectivity index is 3.10. The summed E-state index contributed by atoms with van der Waals surface area (Å²) in [6.45, 7) is 2.31. The predicted octanol–water partition coefficient (Wildman–Crippen LogP) is 7.41. The first-order chi connectivity index (χ1) is 12.5. The van der Waals surface area contributed by atoms with E-state index in [0.29, 0.717) is 13.0 Å². The van der Waals surface area contributed by atoms with Gasteiger partial charge in [-0.2, -0.15) is 0 Å². The average molecular weight is 395 g/mol. The lowest BCUT2D eigenvalue weighted by atomic mass is 10.0. The molecule has 0 aromatic rings. The molecule has 0 spiro atoms. The second kappa shape index (κ2) is 17.6. The Bertz CT molecular complexity index is 357. The third-order valence-corrected chi connectivity index (χ3v) is 5.32. The van der Waals surface area contributed by atoms with E-state index in [9.17, 15) is 17.1 Å². The van der Waals surface area contributed by atoms with E-state index in [2.05, 4.69) is 0 Å². The highest BCUT2D eigenvalue weighted by atomic mass is 28.5. The lowest BCUT2D eigenvalue weighted by Gasteiger charge is -2.04. The van der Waals surface area contributed by atoms with Crippen LogP contribution in [0, 0.1) is 0 Å². The van der Waals surface area contributed by atoms with Crippen molar-refractivity contribution in [1.29, 1.82) is 0 Å². The first-order valence-electron chi connectivity index (χ1n) is 10.3. The van der Waals surface area contributed by atoms with Crippen molar-refractivity contribution in [3.8, 4) is 0 Å². The molecule has 0 heterocycles. The van der Waals surface area contributed by atoms with Crippen molar-refractivity contribution < 1.29 is 21.9 Å². The molecule has 0 radical (unpaired) electrons. The van der Waals surface area contributed by atoms with Crippen LogP contribution in [0.1, 0.15) is 96.8 Å². The van der Waals surface area contributed by atoms with Crippen molar-refractivity contribution >= 4 is 15.0 Å². The number of unbranched alkanes of at least 4 members (excludes halogenated alkanes) is 13. The molecule has 6 heteroatoms. The molecule has 0 saturated heterocycles. The predicted molar refractivity (Wildman–Crippen MR) is 104 cm³/mol. The van der Waals surface area contributed by atoms with Crippen LogP contribution in [0.25, 0.3) is 0 Å². The molecule has 2 nitrogen and oxygen atoms in total. The first-order valence-corrected chi connectivity index (χ1v) is 12.2. The maximum Gasteiger partial charge on any atom is 0.616 e. The SMILES string of the molecule is CC=CC(=O)OCCCCCCCCCCCCCCCC[Si](F)(F)F. The summed E-state index contributed by atoms with van der Waals surface area (Å²) in [5.41, 5.74) is 0. The standard InChI is InChI=1S/C20H37F3O2Si/c1-2-17-20(24)25-18-15-13-11-9-7-5-3-4-6-8-10-12-14-16-19-26(21,22)23/h2,17H,3-16,18-19H2,1H3. The van der Waals surface area contributed by atoms with Crippen molar-refractivity contribution in [2.45, 2.75) is 103 Å². The molecule has 0 bridgehead atoms. The van der Waals surface area contributed by atoms with Gasteiger partial charge >= 0.3 is 15.0 Å². The molecule has 26 heavy (non-hydrogen) atoms. The minimum atomic E-state index is -5.29. The molecule has 0 aromatic carbocycles.